The van der Waals surface area contributed by atoms with Gasteiger partial charge in [0.15, 0.2) is 0 Å². The summed E-state index contributed by atoms with van der Waals surface area (Å²) < 4.78 is 0. The molecule has 23 heavy (non-hydrogen) atoms. The van der Waals surface area contributed by atoms with Crippen LogP contribution in [0.3, 0.4) is 0 Å². The quantitative estimate of drug-likeness (QED) is 0.624. The van der Waals surface area contributed by atoms with Crippen molar-refractivity contribution in [1.29, 1.82) is 0 Å². The fraction of sp³-hybridized carbons (Fsp3) is 0.188. The van der Waals surface area contributed by atoms with Crippen molar-refractivity contribution < 1.29 is 9.72 Å². The van der Waals surface area contributed by atoms with E-state index in [9.17, 15) is 14.9 Å². The number of nitro groups is 1. The zero-order chi connectivity index (χ0) is 17.0. The van der Waals surface area contributed by atoms with E-state index in [2.05, 4.69) is 0 Å². The third-order valence-corrected chi connectivity index (χ3v) is 4.35. The van der Waals surface area contributed by atoms with Crippen LogP contribution in [0, 0.1) is 17.0 Å². The van der Waals surface area contributed by atoms with Crippen LogP contribution in [0.2, 0.25) is 0 Å². The summed E-state index contributed by atoms with van der Waals surface area (Å²) in [7, 11) is 0. The van der Waals surface area contributed by atoms with Crippen LogP contribution in [0.25, 0.3) is 0 Å². The fourth-order valence-corrected chi connectivity index (χ4v) is 2.96. The fourth-order valence-electron chi connectivity index (χ4n) is 2.06. The first-order chi connectivity index (χ1) is 10.9. The molecule has 6 nitrogen and oxygen atoms in total. The topological polar surface area (TPSA) is 112 Å². The van der Waals surface area contributed by atoms with Crippen molar-refractivity contribution in [2.75, 3.05) is 0 Å². The molecule has 0 aliphatic rings. The first-order valence-corrected chi connectivity index (χ1v) is 7.75. The lowest BCUT2D eigenvalue weighted by Crippen LogP contribution is -2.20. The van der Waals surface area contributed by atoms with Crippen LogP contribution in [0.5, 0.6) is 0 Å². The van der Waals surface area contributed by atoms with E-state index in [4.69, 9.17) is 11.5 Å². The second-order valence-corrected chi connectivity index (χ2v) is 6.29. The summed E-state index contributed by atoms with van der Waals surface area (Å²) in [5.74, 6) is -0.543. The van der Waals surface area contributed by atoms with Crippen molar-refractivity contribution in [2.24, 2.45) is 11.5 Å². The number of primary amides is 1. The van der Waals surface area contributed by atoms with Gasteiger partial charge in [0, 0.05) is 23.4 Å². The van der Waals surface area contributed by atoms with Crippen molar-refractivity contribution in [3.05, 3.63) is 63.7 Å². The summed E-state index contributed by atoms with van der Waals surface area (Å²) in [5, 5.41) is 11.3. The molecule has 0 aliphatic carbocycles. The number of carbonyl (C=O) groups is 1. The smallest absolute Gasteiger partial charge is 0.283 e. The Morgan fingerprint density at radius 2 is 1.91 bits per heavy atom. The number of aryl methyl sites for hydroxylation is 1. The van der Waals surface area contributed by atoms with Crippen LogP contribution in [0.4, 0.5) is 5.69 Å². The van der Waals surface area contributed by atoms with E-state index in [1.807, 2.05) is 31.2 Å². The number of nitrogens with zero attached hydrogens (tertiary/aromatic N) is 1. The molecule has 1 amide bonds. The molecule has 2 aromatic rings. The maximum atomic E-state index is 11.3. The van der Waals surface area contributed by atoms with Crippen LogP contribution in [-0.4, -0.2) is 10.8 Å². The van der Waals surface area contributed by atoms with E-state index in [-0.39, 0.29) is 12.1 Å². The number of benzene rings is 2. The number of hydrogen-bond donors (Lipinski definition) is 2. The second-order valence-electron chi connectivity index (χ2n) is 5.18. The minimum Gasteiger partial charge on any atom is -0.370 e. The summed E-state index contributed by atoms with van der Waals surface area (Å²) in [5.41, 5.74) is 12.6. The normalized spacial score (nSPS) is 11.9. The maximum Gasteiger partial charge on any atom is 0.283 e. The molecule has 2 rings (SSSR count). The molecular formula is C16H17N3O3S. The molecule has 1 atom stereocenters. The van der Waals surface area contributed by atoms with Crippen LogP contribution < -0.4 is 11.5 Å². The number of rotatable bonds is 6. The van der Waals surface area contributed by atoms with E-state index in [0.717, 1.165) is 10.5 Å². The van der Waals surface area contributed by atoms with E-state index >= 15 is 0 Å². The predicted octanol–water partition coefficient (Wildman–Crippen LogP) is 2.93. The molecule has 0 aromatic heterocycles. The number of amides is 1. The molecule has 0 saturated carbocycles. The van der Waals surface area contributed by atoms with Crippen LogP contribution in [-0.2, 0) is 4.79 Å². The molecule has 2 aromatic carbocycles. The van der Waals surface area contributed by atoms with Gasteiger partial charge in [0.05, 0.1) is 9.82 Å². The summed E-state index contributed by atoms with van der Waals surface area (Å²) in [4.78, 5) is 23.2. The van der Waals surface area contributed by atoms with Gasteiger partial charge in [0.2, 0.25) is 5.91 Å². The van der Waals surface area contributed by atoms with E-state index in [0.29, 0.717) is 10.5 Å². The molecular weight excluding hydrogens is 314 g/mol. The van der Waals surface area contributed by atoms with Gasteiger partial charge in [-0.15, -0.1) is 0 Å². The third kappa shape index (κ3) is 4.54. The molecule has 4 N–H and O–H groups in total. The van der Waals surface area contributed by atoms with Gasteiger partial charge in [-0.3, -0.25) is 14.9 Å². The predicted molar refractivity (Wildman–Crippen MR) is 89.1 cm³/mol. The lowest BCUT2D eigenvalue weighted by atomic mass is 10.0. The lowest BCUT2D eigenvalue weighted by Gasteiger charge is -2.11. The summed E-state index contributed by atoms with van der Waals surface area (Å²) in [6.45, 7) is 1.98. The van der Waals surface area contributed by atoms with Gasteiger partial charge in [-0.25, -0.2) is 0 Å². The Morgan fingerprint density at radius 1 is 1.26 bits per heavy atom. The van der Waals surface area contributed by atoms with E-state index < -0.39 is 16.9 Å². The van der Waals surface area contributed by atoms with Gasteiger partial charge in [-0.05, 0) is 30.7 Å². The molecule has 0 saturated heterocycles. The SMILES string of the molecule is Cc1ccc(Sc2ccc(C(N)CC(N)=O)cc2[N+](=O)[O-])cc1. The molecule has 0 spiro atoms. The highest BCUT2D eigenvalue weighted by Crippen LogP contribution is 2.36. The highest BCUT2D eigenvalue weighted by Gasteiger charge is 2.19. The minimum absolute atomic E-state index is 0.0343. The number of hydrogen-bond acceptors (Lipinski definition) is 5. The van der Waals surface area contributed by atoms with Gasteiger partial charge >= 0.3 is 0 Å². The molecule has 0 bridgehead atoms. The highest BCUT2D eigenvalue weighted by atomic mass is 32.2. The van der Waals surface area contributed by atoms with Gasteiger partial charge in [0.1, 0.15) is 0 Å². The summed E-state index contributed by atoms with van der Waals surface area (Å²) in [6, 6.07) is 11.8. The van der Waals surface area contributed by atoms with Crippen molar-refractivity contribution in [3.63, 3.8) is 0 Å². The Hall–Kier alpha value is -2.38. The molecule has 0 fully saturated rings. The van der Waals surface area contributed by atoms with Crippen LogP contribution in [0.1, 0.15) is 23.6 Å². The third-order valence-electron chi connectivity index (χ3n) is 3.28. The zero-order valence-electron chi connectivity index (χ0n) is 12.6. The summed E-state index contributed by atoms with van der Waals surface area (Å²) in [6.07, 6.45) is -0.0540. The molecule has 0 heterocycles. The number of nitro benzene ring substituents is 1. The lowest BCUT2D eigenvalue weighted by molar-refractivity contribution is -0.387. The molecule has 0 aliphatic heterocycles. The molecule has 7 heteroatoms. The van der Waals surface area contributed by atoms with Crippen LogP contribution in [0.15, 0.2) is 52.3 Å². The minimum atomic E-state index is -0.648. The maximum absolute atomic E-state index is 11.3. The van der Waals surface area contributed by atoms with Gasteiger partial charge < -0.3 is 11.5 Å². The largest absolute Gasteiger partial charge is 0.370 e. The first-order valence-electron chi connectivity index (χ1n) is 6.93. The Kier molecular flexibility index (Phi) is 5.36. The van der Waals surface area contributed by atoms with Gasteiger partial charge in [-0.2, -0.15) is 0 Å². The molecule has 120 valence electrons. The Bertz CT molecular complexity index is 732. The Balaban J connectivity index is 2.31. The van der Waals surface area contributed by atoms with Crippen molar-refractivity contribution in [3.8, 4) is 0 Å². The van der Waals surface area contributed by atoms with Crippen molar-refractivity contribution >= 4 is 23.4 Å². The number of nitrogens with two attached hydrogens (primary N) is 2. The summed E-state index contributed by atoms with van der Waals surface area (Å²) >= 11 is 1.31. The van der Waals surface area contributed by atoms with E-state index in [1.54, 1.807) is 12.1 Å². The molecule has 0 radical (unpaired) electrons. The Labute approximate surface area is 138 Å². The highest BCUT2D eigenvalue weighted by molar-refractivity contribution is 7.99. The monoisotopic (exact) mass is 331 g/mol. The standard InChI is InChI=1S/C16H17N3O3S/c1-10-2-5-12(6-3-10)23-15-7-4-11(8-14(15)19(21)22)13(17)9-16(18)20/h2-8,13H,9,17H2,1H3,(H2,18,20). The van der Waals surface area contributed by atoms with Gasteiger partial charge in [-0.1, -0.05) is 35.5 Å². The first kappa shape index (κ1) is 17.0. The zero-order valence-corrected chi connectivity index (χ0v) is 13.4. The average Bonchev–Trinajstić information content (AvgIpc) is 2.49. The second kappa shape index (κ2) is 7.26. The number of carbonyl (C=O) groups excluding carboxylic acids is 1. The van der Waals surface area contributed by atoms with E-state index in [1.165, 1.54) is 17.8 Å². The van der Waals surface area contributed by atoms with Gasteiger partial charge in [0.25, 0.3) is 5.69 Å². The van der Waals surface area contributed by atoms with Crippen LogP contribution >= 0.6 is 11.8 Å². The average molecular weight is 331 g/mol. The molecule has 1 unspecified atom stereocenters. The van der Waals surface area contributed by atoms with Crippen molar-refractivity contribution in [1.82, 2.24) is 0 Å². The Morgan fingerprint density at radius 3 is 2.48 bits per heavy atom. The van der Waals surface area contributed by atoms with Crippen molar-refractivity contribution in [2.45, 2.75) is 29.2 Å².